The van der Waals surface area contributed by atoms with Gasteiger partial charge in [-0.05, 0) is 22.9 Å². The van der Waals surface area contributed by atoms with E-state index >= 15 is 0 Å². The predicted molar refractivity (Wildman–Crippen MR) is 78.2 cm³/mol. The van der Waals surface area contributed by atoms with Crippen molar-refractivity contribution in [1.29, 1.82) is 5.26 Å². The van der Waals surface area contributed by atoms with Crippen LogP contribution in [-0.2, 0) is 0 Å². The normalized spacial score (nSPS) is 16.5. The molecule has 0 saturated carbocycles. The predicted octanol–water partition coefficient (Wildman–Crippen LogP) is 2.49. The van der Waals surface area contributed by atoms with Gasteiger partial charge in [0, 0.05) is 31.9 Å². The zero-order valence-corrected chi connectivity index (χ0v) is 10.9. The summed E-state index contributed by atoms with van der Waals surface area (Å²) in [5.74, 6) is 0. The molecule has 0 atom stereocenters. The molecule has 1 aliphatic rings. The van der Waals surface area contributed by atoms with Gasteiger partial charge in [0.2, 0.25) is 0 Å². The van der Waals surface area contributed by atoms with Crippen LogP contribution in [0, 0.1) is 11.3 Å². The van der Waals surface area contributed by atoms with Crippen molar-refractivity contribution in [3.8, 4) is 6.07 Å². The van der Waals surface area contributed by atoms with E-state index in [0.29, 0.717) is 6.54 Å². The number of nitriles is 1. The van der Waals surface area contributed by atoms with Gasteiger partial charge in [0.1, 0.15) is 0 Å². The molecule has 1 fully saturated rings. The van der Waals surface area contributed by atoms with E-state index in [1.165, 1.54) is 16.5 Å². The van der Waals surface area contributed by atoms with E-state index in [4.69, 9.17) is 5.26 Å². The topological polar surface area (TPSA) is 30.3 Å². The van der Waals surface area contributed by atoms with Crippen LogP contribution >= 0.6 is 0 Å². The second-order valence-electron chi connectivity index (χ2n) is 4.95. The summed E-state index contributed by atoms with van der Waals surface area (Å²) < 4.78 is 0. The van der Waals surface area contributed by atoms with Crippen molar-refractivity contribution in [2.24, 2.45) is 0 Å². The molecule has 0 N–H and O–H groups in total. The third-order valence-corrected chi connectivity index (χ3v) is 3.76. The van der Waals surface area contributed by atoms with Crippen LogP contribution in [0.4, 0.5) is 5.69 Å². The maximum atomic E-state index is 8.71. The van der Waals surface area contributed by atoms with E-state index in [0.717, 1.165) is 26.2 Å². The van der Waals surface area contributed by atoms with Crippen molar-refractivity contribution >= 4 is 16.5 Å². The molecule has 3 heteroatoms. The van der Waals surface area contributed by atoms with Crippen LogP contribution in [0.2, 0.25) is 0 Å². The maximum absolute atomic E-state index is 8.71. The van der Waals surface area contributed by atoms with E-state index in [2.05, 4.69) is 58.3 Å². The van der Waals surface area contributed by atoms with Crippen LogP contribution in [0.15, 0.2) is 42.5 Å². The molecule has 1 heterocycles. The van der Waals surface area contributed by atoms with E-state index < -0.39 is 0 Å². The first-order valence-corrected chi connectivity index (χ1v) is 6.70. The summed E-state index contributed by atoms with van der Waals surface area (Å²) in [6, 6.07) is 17.3. The quantitative estimate of drug-likeness (QED) is 0.768. The number of nitrogens with zero attached hydrogens (tertiary/aromatic N) is 3. The monoisotopic (exact) mass is 251 g/mol. The fourth-order valence-electron chi connectivity index (χ4n) is 2.64. The number of hydrogen-bond donors (Lipinski definition) is 0. The Kier molecular flexibility index (Phi) is 3.35. The summed E-state index contributed by atoms with van der Waals surface area (Å²) in [4.78, 5) is 4.61. The Morgan fingerprint density at radius 1 is 0.947 bits per heavy atom. The lowest BCUT2D eigenvalue weighted by atomic mass is 10.1. The third kappa shape index (κ3) is 2.54. The standard InChI is InChI=1S/C16H17N3/c17-7-8-18-9-11-19(12-10-18)16-6-5-14-3-1-2-4-15(14)13-16/h1-6,13H,8-12H2. The maximum Gasteiger partial charge on any atom is 0.0867 e. The van der Waals surface area contributed by atoms with Gasteiger partial charge >= 0.3 is 0 Å². The van der Waals surface area contributed by atoms with Crippen molar-refractivity contribution in [2.75, 3.05) is 37.6 Å². The molecule has 2 aromatic carbocycles. The molecular formula is C16H17N3. The van der Waals surface area contributed by atoms with Crippen molar-refractivity contribution in [3.05, 3.63) is 42.5 Å². The van der Waals surface area contributed by atoms with Gasteiger partial charge in [-0.3, -0.25) is 4.90 Å². The minimum absolute atomic E-state index is 0.547. The molecule has 1 saturated heterocycles. The van der Waals surface area contributed by atoms with Crippen molar-refractivity contribution in [2.45, 2.75) is 0 Å². The Morgan fingerprint density at radius 2 is 1.68 bits per heavy atom. The summed E-state index contributed by atoms with van der Waals surface area (Å²) >= 11 is 0. The Balaban J connectivity index is 1.77. The van der Waals surface area contributed by atoms with E-state index in [1.54, 1.807) is 0 Å². The molecule has 0 spiro atoms. The van der Waals surface area contributed by atoms with Gasteiger partial charge in [0.05, 0.1) is 12.6 Å². The lowest BCUT2D eigenvalue weighted by Crippen LogP contribution is -2.46. The number of benzene rings is 2. The first-order chi connectivity index (χ1) is 9.36. The van der Waals surface area contributed by atoms with Gasteiger partial charge < -0.3 is 4.90 Å². The van der Waals surface area contributed by atoms with Crippen molar-refractivity contribution in [1.82, 2.24) is 4.90 Å². The zero-order chi connectivity index (χ0) is 13.1. The van der Waals surface area contributed by atoms with Crippen molar-refractivity contribution < 1.29 is 0 Å². The highest BCUT2D eigenvalue weighted by atomic mass is 15.3. The zero-order valence-electron chi connectivity index (χ0n) is 10.9. The van der Waals surface area contributed by atoms with Gasteiger partial charge in [-0.2, -0.15) is 5.26 Å². The second kappa shape index (κ2) is 5.29. The first-order valence-electron chi connectivity index (χ1n) is 6.70. The molecule has 3 rings (SSSR count). The van der Waals surface area contributed by atoms with E-state index in [9.17, 15) is 0 Å². The molecule has 0 bridgehead atoms. The molecule has 0 amide bonds. The lowest BCUT2D eigenvalue weighted by molar-refractivity contribution is 0.287. The number of piperazine rings is 1. The molecule has 0 aromatic heterocycles. The summed E-state index contributed by atoms with van der Waals surface area (Å²) in [7, 11) is 0. The molecule has 1 aliphatic heterocycles. The smallest absolute Gasteiger partial charge is 0.0867 e. The van der Waals surface area contributed by atoms with E-state index in [1.807, 2.05) is 0 Å². The van der Waals surface area contributed by atoms with Crippen LogP contribution in [0.1, 0.15) is 0 Å². The Hall–Kier alpha value is -2.05. The van der Waals surface area contributed by atoms with Gasteiger partial charge in [-0.25, -0.2) is 0 Å². The number of rotatable bonds is 2. The minimum Gasteiger partial charge on any atom is -0.369 e. The third-order valence-electron chi connectivity index (χ3n) is 3.76. The molecule has 3 nitrogen and oxygen atoms in total. The SMILES string of the molecule is N#CCN1CCN(c2ccc3ccccc3c2)CC1. The molecule has 0 unspecified atom stereocenters. The van der Waals surface area contributed by atoms with Crippen LogP contribution in [-0.4, -0.2) is 37.6 Å². The molecule has 0 radical (unpaired) electrons. The number of hydrogen-bond acceptors (Lipinski definition) is 3. The van der Waals surface area contributed by atoms with Crippen LogP contribution in [0.3, 0.4) is 0 Å². The summed E-state index contributed by atoms with van der Waals surface area (Å²) in [6.45, 7) is 4.49. The fraction of sp³-hybridized carbons (Fsp3) is 0.312. The van der Waals surface area contributed by atoms with Gasteiger partial charge in [0.25, 0.3) is 0 Å². The molecular weight excluding hydrogens is 234 g/mol. The van der Waals surface area contributed by atoms with Crippen LogP contribution in [0.5, 0.6) is 0 Å². The molecule has 19 heavy (non-hydrogen) atoms. The average molecular weight is 251 g/mol. The Bertz CT molecular complexity index is 607. The van der Waals surface area contributed by atoms with Gasteiger partial charge in [-0.1, -0.05) is 30.3 Å². The fourth-order valence-corrected chi connectivity index (χ4v) is 2.64. The minimum atomic E-state index is 0.547. The van der Waals surface area contributed by atoms with Crippen LogP contribution in [0.25, 0.3) is 10.8 Å². The summed E-state index contributed by atoms with van der Waals surface area (Å²) in [5, 5.41) is 11.3. The highest BCUT2D eigenvalue weighted by Crippen LogP contribution is 2.22. The molecule has 0 aliphatic carbocycles. The Labute approximate surface area is 113 Å². The summed E-state index contributed by atoms with van der Waals surface area (Å²) in [6.07, 6.45) is 0. The highest BCUT2D eigenvalue weighted by molar-refractivity contribution is 5.85. The van der Waals surface area contributed by atoms with Gasteiger partial charge in [0.15, 0.2) is 0 Å². The largest absolute Gasteiger partial charge is 0.369 e. The number of anilines is 1. The van der Waals surface area contributed by atoms with E-state index in [-0.39, 0.29) is 0 Å². The molecule has 2 aromatic rings. The lowest BCUT2D eigenvalue weighted by Gasteiger charge is -2.35. The molecule has 96 valence electrons. The van der Waals surface area contributed by atoms with Crippen LogP contribution < -0.4 is 4.90 Å². The summed E-state index contributed by atoms with van der Waals surface area (Å²) in [5.41, 5.74) is 1.29. The van der Waals surface area contributed by atoms with Gasteiger partial charge in [-0.15, -0.1) is 0 Å². The van der Waals surface area contributed by atoms with Crippen molar-refractivity contribution in [3.63, 3.8) is 0 Å². The second-order valence-corrected chi connectivity index (χ2v) is 4.95. The first kappa shape index (κ1) is 12.0. The number of fused-ring (bicyclic) bond motifs is 1. The highest BCUT2D eigenvalue weighted by Gasteiger charge is 2.16. The average Bonchev–Trinajstić information content (AvgIpc) is 2.48. The Morgan fingerprint density at radius 3 is 2.42 bits per heavy atom.